The van der Waals surface area contributed by atoms with Crippen molar-refractivity contribution >= 4 is 65.7 Å². The molecule has 3 aromatic heterocycles. The quantitative estimate of drug-likeness (QED) is 0.178. The fraction of sp³-hybridized carbons (Fsp3) is 0.180. The van der Waals surface area contributed by atoms with E-state index < -0.39 is 0 Å². The van der Waals surface area contributed by atoms with Gasteiger partial charge in [0.05, 0.1) is 44.9 Å². The molecule has 1 saturated carbocycles. The average Bonchev–Trinajstić information content (AvgIpc) is 4.04. The fourth-order valence-corrected chi connectivity index (χ4v) is 13.6. The number of Topliss-reactive ketones (excluding diaryl/α,β-unsaturated/α-hetero) is 1. The van der Waals surface area contributed by atoms with Crippen molar-refractivity contribution in [2.75, 3.05) is 0 Å². The number of para-hydroxylation sites is 2. The van der Waals surface area contributed by atoms with E-state index in [9.17, 15) is 10.1 Å². The molecule has 2 atom stereocenters. The van der Waals surface area contributed by atoms with Gasteiger partial charge in [0.2, 0.25) is 0 Å². The average molecular weight is 836 g/mol. The van der Waals surface area contributed by atoms with Crippen molar-refractivity contribution in [1.82, 2.24) is 8.97 Å². The van der Waals surface area contributed by atoms with E-state index in [-0.39, 0.29) is 22.0 Å². The molecule has 14 rings (SSSR count). The van der Waals surface area contributed by atoms with Crippen LogP contribution in [-0.4, -0.2) is 14.8 Å². The van der Waals surface area contributed by atoms with E-state index >= 15 is 0 Å². The second-order valence-corrected chi connectivity index (χ2v) is 20.6. The maximum absolute atomic E-state index is 14.7. The summed E-state index contributed by atoms with van der Waals surface area (Å²) in [4.78, 5) is 14.7. The van der Waals surface area contributed by atoms with Crippen molar-refractivity contribution in [2.24, 2.45) is 5.41 Å². The second kappa shape index (κ2) is 12.4. The van der Waals surface area contributed by atoms with Gasteiger partial charge in [0.1, 0.15) is 0 Å². The number of nitrogens with zero attached hydrogens (tertiary/aromatic N) is 3. The van der Waals surface area contributed by atoms with Crippen molar-refractivity contribution in [3.8, 4) is 45.1 Å². The molecule has 0 aliphatic heterocycles. The van der Waals surface area contributed by atoms with E-state index in [0.717, 1.165) is 109 Å². The summed E-state index contributed by atoms with van der Waals surface area (Å²) in [6, 6.07) is 58.1. The molecule has 0 radical (unpaired) electrons. The minimum atomic E-state index is -0.355. The van der Waals surface area contributed by atoms with Crippen LogP contribution in [-0.2, 0) is 17.3 Å². The SMILES string of the molecule is CC12CCC(C)(C1)c1cc3c4cc5c(c6ccccc6n5-c5c(-c6ccccc6)cccc5-c5ccccc5)c5c6c7c(c(C#N)cc6n(c3cc1C2=O)c45)C(C)(C)Cc1ccccc1-7. The third kappa shape index (κ3) is 4.63. The van der Waals surface area contributed by atoms with Crippen molar-refractivity contribution < 1.29 is 4.79 Å². The maximum Gasteiger partial charge on any atom is 0.169 e. The molecule has 310 valence electrons. The number of aromatic nitrogens is 2. The first kappa shape index (κ1) is 36.9. The molecule has 2 unspecified atom stereocenters. The molecule has 0 spiro atoms. The van der Waals surface area contributed by atoms with Crippen LogP contribution in [0.15, 0.2) is 152 Å². The first-order valence-electron chi connectivity index (χ1n) is 23.2. The van der Waals surface area contributed by atoms with Gasteiger partial charge < -0.3 is 8.97 Å². The monoisotopic (exact) mass is 835 g/mol. The minimum Gasteiger partial charge on any atom is -0.308 e. The van der Waals surface area contributed by atoms with Crippen LogP contribution >= 0.6 is 0 Å². The minimum absolute atomic E-state index is 0.0774. The molecule has 0 N–H and O–H groups in total. The molecule has 4 heteroatoms. The summed E-state index contributed by atoms with van der Waals surface area (Å²) in [6.45, 7) is 9.18. The van der Waals surface area contributed by atoms with Crippen LogP contribution in [0.5, 0.6) is 0 Å². The molecule has 11 aromatic rings. The van der Waals surface area contributed by atoms with Gasteiger partial charge in [-0.2, -0.15) is 5.26 Å². The predicted octanol–water partition coefficient (Wildman–Crippen LogP) is 15.3. The van der Waals surface area contributed by atoms with Gasteiger partial charge in [0.25, 0.3) is 0 Å². The first-order chi connectivity index (χ1) is 31.6. The Hall–Kier alpha value is -7.48. The van der Waals surface area contributed by atoms with Gasteiger partial charge in [-0.05, 0) is 106 Å². The molecule has 3 aliphatic carbocycles. The number of ketones is 1. The zero-order valence-corrected chi connectivity index (χ0v) is 37.0. The van der Waals surface area contributed by atoms with Crippen LogP contribution in [0.2, 0.25) is 0 Å². The largest absolute Gasteiger partial charge is 0.308 e. The molecule has 0 amide bonds. The Balaban J connectivity index is 1.26. The lowest BCUT2D eigenvalue weighted by Gasteiger charge is -2.36. The molecule has 3 heterocycles. The van der Waals surface area contributed by atoms with Gasteiger partial charge in [-0.1, -0.05) is 149 Å². The number of carbonyl (C=O) groups excluding carboxylic acids is 1. The van der Waals surface area contributed by atoms with Gasteiger partial charge in [-0.25, -0.2) is 0 Å². The lowest BCUT2D eigenvalue weighted by atomic mass is 9.66. The molecule has 4 nitrogen and oxygen atoms in total. The van der Waals surface area contributed by atoms with Gasteiger partial charge >= 0.3 is 0 Å². The third-order valence-electron chi connectivity index (χ3n) is 16.2. The Bertz CT molecular complexity index is 3910. The number of rotatable bonds is 3. The molecule has 65 heavy (non-hydrogen) atoms. The van der Waals surface area contributed by atoms with Crippen molar-refractivity contribution in [3.63, 3.8) is 0 Å². The van der Waals surface area contributed by atoms with Crippen LogP contribution < -0.4 is 0 Å². The predicted molar refractivity (Wildman–Crippen MR) is 267 cm³/mol. The number of hydrogen-bond donors (Lipinski definition) is 0. The zero-order chi connectivity index (χ0) is 43.7. The highest BCUT2D eigenvalue weighted by molar-refractivity contribution is 6.38. The van der Waals surface area contributed by atoms with Crippen LogP contribution in [0, 0.1) is 16.7 Å². The number of benzene rings is 8. The summed E-state index contributed by atoms with van der Waals surface area (Å²) < 4.78 is 4.99. The van der Waals surface area contributed by atoms with Crippen molar-refractivity contribution in [1.29, 1.82) is 5.26 Å². The van der Waals surface area contributed by atoms with Crippen molar-refractivity contribution in [2.45, 2.75) is 64.2 Å². The molecule has 0 saturated heterocycles. The van der Waals surface area contributed by atoms with Crippen molar-refractivity contribution in [3.05, 3.63) is 179 Å². The van der Waals surface area contributed by atoms with E-state index in [4.69, 9.17) is 0 Å². The van der Waals surface area contributed by atoms with Gasteiger partial charge in [0, 0.05) is 54.4 Å². The second-order valence-electron chi connectivity index (χ2n) is 20.6. The Kier molecular flexibility index (Phi) is 7.05. The summed E-state index contributed by atoms with van der Waals surface area (Å²) in [5.41, 5.74) is 18.1. The smallest absolute Gasteiger partial charge is 0.169 e. The topological polar surface area (TPSA) is 50.2 Å². The van der Waals surface area contributed by atoms with E-state index in [0.29, 0.717) is 0 Å². The number of hydrogen-bond acceptors (Lipinski definition) is 2. The first-order valence-corrected chi connectivity index (χ1v) is 23.2. The summed E-state index contributed by atoms with van der Waals surface area (Å²) in [6.07, 6.45) is 3.65. The Morgan fingerprint density at radius 3 is 1.95 bits per heavy atom. The third-order valence-corrected chi connectivity index (χ3v) is 16.2. The van der Waals surface area contributed by atoms with Gasteiger partial charge in [0.15, 0.2) is 5.78 Å². The highest BCUT2D eigenvalue weighted by Gasteiger charge is 2.54. The summed E-state index contributed by atoms with van der Waals surface area (Å²) in [5.74, 6) is 0.272. The molecule has 1 fully saturated rings. The highest BCUT2D eigenvalue weighted by atomic mass is 16.1. The lowest BCUT2D eigenvalue weighted by molar-refractivity contribution is 0.0797. The summed E-state index contributed by atoms with van der Waals surface area (Å²) >= 11 is 0. The molecular weight excluding hydrogens is 791 g/mol. The van der Waals surface area contributed by atoms with Crippen LogP contribution in [0.4, 0.5) is 0 Å². The van der Waals surface area contributed by atoms with E-state index in [2.05, 4.69) is 194 Å². The van der Waals surface area contributed by atoms with Gasteiger partial charge in [-0.15, -0.1) is 0 Å². The maximum atomic E-state index is 14.7. The molecular formula is C61H45N3O. The number of fused-ring (bicyclic) bond motifs is 18. The van der Waals surface area contributed by atoms with E-state index in [1.54, 1.807) is 0 Å². The highest BCUT2D eigenvalue weighted by Crippen LogP contribution is 2.59. The van der Waals surface area contributed by atoms with Crippen LogP contribution in [0.25, 0.3) is 99.0 Å². The summed E-state index contributed by atoms with van der Waals surface area (Å²) in [5, 5.41) is 18.3. The number of nitriles is 1. The van der Waals surface area contributed by atoms with Crippen LogP contribution in [0.3, 0.4) is 0 Å². The summed E-state index contributed by atoms with van der Waals surface area (Å²) in [7, 11) is 0. The standard InChI is InChI=1S/C61H45N3O/c1-59(2)32-37-20-11-12-21-39(37)52-53-49(28-38(33-62)55(52)59)64-48-31-45-46(60(3)26-27-61(4,34-60)58(45)65)29-43(48)44-30-50-51(54(53)57(44)64)42-22-13-14-25-47(42)63(50)56-40(35-16-7-5-8-17-35)23-15-24-41(56)36-18-9-6-10-19-36/h5-25,28-31H,26-27,32,34H2,1-4H3. The lowest BCUT2D eigenvalue weighted by Crippen LogP contribution is -2.35. The Morgan fingerprint density at radius 1 is 0.554 bits per heavy atom. The Morgan fingerprint density at radius 2 is 1.22 bits per heavy atom. The molecule has 2 bridgehead atoms. The number of carbonyl (C=O) groups is 1. The molecule has 8 aromatic carbocycles. The van der Waals surface area contributed by atoms with E-state index in [1.807, 2.05) is 0 Å². The molecule has 3 aliphatic rings. The fourth-order valence-electron chi connectivity index (χ4n) is 13.6. The van der Waals surface area contributed by atoms with Crippen LogP contribution in [0.1, 0.15) is 79.6 Å². The zero-order valence-electron chi connectivity index (χ0n) is 37.0. The van der Waals surface area contributed by atoms with E-state index in [1.165, 1.54) is 43.6 Å². The normalized spacial score (nSPS) is 19.7. The van der Waals surface area contributed by atoms with Gasteiger partial charge in [-0.3, -0.25) is 4.79 Å². The Labute approximate surface area is 377 Å².